The van der Waals surface area contributed by atoms with Crippen molar-refractivity contribution in [2.75, 3.05) is 5.32 Å². The number of amides is 1. The average Bonchev–Trinajstić information content (AvgIpc) is 3.00. The highest BCUT2D eigenvalue weighted by atomic mass is 19.4. The molecule has 0 bridgehead atoms. The molecular formula is C19H15F3N4O4. The number of non-ortho nitro benzene ring substituents is 1. The number of carbonyl (C=O) groups excluding carboxylic acids is 1. The van der Waals surface area contributed by atoms with Crippen molar-refractivity contribution < 1.29 is 27.6 Å². The lowest BCUT2D eigenvalue weighted by molar-refractivity contribution is -0.384. The number of carbonyl (C=O) groups is 1. The summed E-state index contributed by atoms with van der Waals surface area (Å²) < 4.78 is 45.5. The van der Waals surface area contributed by atoms with Gasteiger partial charge in [0.15, 0.2) is 5.69 Å². The molecule has 156 valence electrons. The summed E-state index contributed by atoms with van der Waals surface area (Å²) in [5.41, 5.74) is -0.481. The number of nitro groups is 1. The second-order valence-corrected chi connectivity index (χ2v) is 6.35. The van der Waals surface area contributed by atoms with E-state index in [9.17, 15) is 28.1 Å². The Morgan fingerprint density at radius 1 is 1.17 bits per heavy atom. The lowest BCUT2D eigenvalue weighted by atomic mass is 10.2. The number of benzene rings is 2. The Kier molecular flexibility index (Phi) is 5.45. The van der Waals surface area contributed by atoms with Crippen molar-refractivity contribution in [2.45, 2.75) is 13.1 Å². The van der Waals surface area contributed by atoms with Gasteiger partial charge in [0.05, 0.1) is 22.2 Å². The van der Waals surface area contributed by atoms with Gasteiger partial charge in [0.1, 0.15) is 11.5 Å². The van der Waals surface area contributed by atoms with Gasteiger partial charge in [-0.15, -0.1) is 0 Å². The minimum absolute atomic E-state index is 0.0273. The number of aromatic nitrogens is 2. The first kappa shape index (κ1) is 20.8. The highest BCUT2D eigenvalue weighted by molar-refractivity contribution is 6.03. The van der Waals surface area contributed by atoms with E-state index in [0.717, 1.165) is 36.0 Å². The van der Waals surface area contributed by atoms with Crippen molar-refractivity contribution in [3.8, 4) is 11.5 Å². The van der Waals surface area contributed by atoms with Gasteiger partial charge in [0, 0.05) is 24.9 Å². The molecule has 0 atom stereocenters. The molecule has 1 aromatic heterocycles. The van der Waals surface area contributed by atoms with Crippen LogP contribution in [-0.4, -0.2) is 20.6 Å². The molecule has 0 aliphatic rings. The fraction of sp³-hybridized carbons (Fsp3) is 0.158. The second-order valence-electron chi connectivity index (χ2n) is 6.35. The molecule has 3 aromatic rings. The van der Waals surface area contributed by atoms with E-state index in [-0.39, 0.29) is 22.9 Å². The molecule has 8 nitrogen and oxygen atoms in total. The van der Waals surface area contributed by atoms with Gasteiger partial charge >= 0.3 is 6.18 Å². The van der Waals surface area contributed by atoms with E-state index in [4.69, 9.17) is 4.74 Å². The monoisotopic (exact) mass is 420 g/mol. The van der Waals surface area contributed by atoms with Crippen LogP contribution in [0.15, 0.2) is 48.5 Å². The lowest BCUT2D eigenvalue weighted by Gasteiger charge is -2.11. The van der Waals surface area contributed by atoms with E-state index in [0.29, 0.717) is 0 Å². The summed E-state index contributed by atoms with van der Waals surface area (Å²) >= 11 is 0. The Morgan fingerprint density at radius 2 is 1.90 bits per heavy atom. The summed E-state index contributed by atoms with van der Waals surface area (Å²) in [5.74, 6) is -0.886. The molecule has 1 heterocycles. The first-order chi connectivity index (χ1) is 14.0. The number of nitrogens with zero attached hydrogens (tertiary/aromatic N) is 3. The van der Waals surface area contributed by atoms with Gasteiger partial charge in [-0.2, -0.15) is 18.3 Å². The third kappa shape index (κ3) is 4.74. The number of hydrogen-bond acceptors (Lipinski definition) is 5. The van der Waals surface area contributed by atoms with Gasteiger partial charge in [-0.25, -0.2) is 0 Å². The third-order valence-electron chi connectivity index (χ3n) is 4.10. The van der Waals surface area contributed by atoms with Crippen molar-refractivity contribution in [2.24, 2.45) is 7.05 Å². The lowest BCUT2D eigenvalue weighted by Crippen LogP contribution is -2.13. The van der Waals surface area contributed by atoms with Crippen LogP contribution < -0.4 is 10.1 Å². The predicted octanol–water partition coefficient (Wildman–Crippen LogP) is 4.70. The molecule has 1 N–H and O–H groups in total. The van der Waals surface area contributed by atoms with Crippen LogP contribution in [0.1, 0.15) is 21.7 Å². The Morgan fingerprint density at radius 3 is 2.50 bits per heavy atom. The van der Waals surface area contributed by atoms with Crippen molar-refractivity contribution in [1.82, 2.24) is 9.78 Å². The quantitative estimate of drug-likeness (QED) is 0.476. The number of ether oxygens (including phenoxy) is 1. The Hall–Kier alpha value is -3.89. The molecule has 0 aliphatic carbocycles. The number of rotatable bonds is 5. The molecule has 3 rings (SSSR count). The van der Waals surface area contributed by atoms with Crippen LogP contribution >= 0.6 is 0 Å². The molecular weight excluding hydrogens is 405 g/mol. The maximum Gasteiger partial charge on any atom is 0.416 e. The third-order valence-corrected chi connectivity index (χ3v) is 4.10. The molecule has 2 aromatic carbocycles. The smallest absolute Gasteiger partial charge is 0.416 e. The Bertz CT molecular complexity index is 1110. The largest absolute Gasteiger partial charge is 0.457 e. The molecule has 0 aliphatic heterocycles. The second kappa shape index (κ2) is 7.85. The molecule has 0 radical (unpaired) electrons. The summed E-state index contributed by atoms with van der Waals surface area (Å²) in [7, 11) is 1.65. The number of anilines is 1. The van der Waals surface area contributed by atoms with E-state index in [1.165, 1.54) is 22.9 Å². The zero-order valence-electron chi connectivity index (χ0n) is 15.7. The minimum Gasteiger partial charge on any atom is -0.457 e. The molecule has 0 saturated carbocycles. The molecule has 1 amide bonds. The molecule has 0 unspecified atom stereocenters. The van der Waals surface area contributed by atoms with Gasteiger partial charge in [-0.1, -0.05) is 6.07 Å². The van der Waals surface area contributed by atoms with Gasteiger partial charge in [-0.05, 0) is 31.2 Å². The number of nitro benzene ring substituents is 1. The van der Waals surface area contributed by atoms with Crippen LogP contribution in [0.25, 0.3) is 0 Å². The number of hydrogen-bond donors (Lipinski definition) is 1. The van der Waals surface area contributed by atoms with E-state index in [2.05, 4.69) is 10.4 Å². The zero-order chi connectivity index (χ0) is 22.1. The normalized spacial score (nSPS) is 11.2. The van der Waals surface area contributed by atoms with Crippen LogP contribution in [0.2, 0.25) is 0 Å². The Labute approximate surface area is 168 Å². The zero-order valence-corrected chi connectivity index (χ0v) is 15.7. The predicted molar refractivity (Wildman–Crippen MR) is 101 cm³/mol. The van der Waals surface area contributed by atoms with Crippen LogP contribution in [-0.2, 0) is 13.2 Å². The van der Waals surface area contributed by atoms with Crippen LogP contribution in [0.4, 0.5) is 24.5 Å². The summed E-state index contributed by atoms with van der Waals surface area (Å²) in [4.78, 5) is 22.9. The molecule has 0 saturated heterocycles. The molecule has 11 heteroatoms. The highest BCUT2D eigenvalue weighted by Crippen LogP contribution is 2.34. The fourth-order valence-electron chi connectivity index (χ4n) is 2.56. The first-order valence-corrected chi connectivity index (χ1v) is 8.49. The van der Waals surface area contributed by atoms with Crippen molar-refractivity contribution in [3.63, 3.8) is 0 Å². The number of alkyl halides is 3. The first-order valence-electron chi connectivity index (χ1n) is 8.49. The highest BCUT2D eigenvalue weighted by Gasteiger charge is 2.30. The van der Waals surface area contributed by atoms with Crippen molar-refractivity contribution in [3.05, 3.63) is 75.6 Å². The van der Waals surface area contributed by atoms with Gasteiger partial charge < -0.3 is 10.1 Å². The summed E-state index contributed by atoms with van der Waals surface area (Å²) in [5, 5.41) is 17.7. The summed E-state index contributed by atoms with van der Waals surface area (Å²) in [6.45, 7) is 1.75. The van der Waals surface area contributed by atoms with E-state index in [1.54, 1.807) is 14.0 Å². The summed E-state index contributed by atoms with van der Waals surface area (Å²) in [6.07, 6.45) is -4.57. The van der Waals surface area contributed by atoms with Crippen LogP contribution in [0.3, 0.4) is 0 Å². The SMILES string of the molecule is Cc1cc(C(=O)Nc2cc(Oc3cccc(C(F)(F)F)c3)cc([N+](=O)[O-])c2)nn1C. The van der Waals surface area contributed by atoms with Crippen LogP contribution in [0.5, 0.6) is 11.5 Å². The maximum atomic E-state index is 12.9. The molecule has 0 spiro atoms. The maximum absolute atomic E-state index is 12.9. The van der Waals surface area contributed by atoms with Crippen molar-refractivity contribution in [1.29, 1.82) is 0 Å². The van der Waals surface area contributed by atoms with Gasteiger partial charge in [0.2, 0.25) is 0 Å². The number of nitrogens with one attached hydrogen (secondary N) is 1. The average molecular weight is 420 g/mol. The topological polar surface area (TPSA) is 99.3 Å². The van der Waals surface area contributed by atoms with E-state index >= 15 is 0 Å². The Balaban J connectivity index is 1.90. The fourth-order valence-corrected chi connectivity index (χ4v) is 2.56. The van der Waals surface area contributed by atoms with E-state index < -0.39 is 28.3 Å². The van der Waals surface area contributed by atoms with Crippen LogP contribution in [0, 0.1) is 17.0 Å². The van der Waals surface area contributed by atoms with E-state index in [1.807, 2.05) is 0 Å². The van der Waals surface area contributed by atoms with Crippen molar-refractivity contribution >= 4 is 17.3 Å². The minimum atomic E-state index is -4.57. The van der Waals surface area contributed by atoms with Gasteiger partial charge in [0.25, 0.3) is 11.6 Å². The standard InChI is InChI=1S/C19H15F3N4O4/c1-11-6-17(24-25(11)2)18(27)23-13-8-14(26(28)29)10-16(9-13)30-15-5-3-4-12(7-15)19(20,21)22/h3-10H,1-2H3,(H,23,27). The number of halogens is 3. The van der Waals surface area contributed by atoms with Gasteiger partial charge in [-0.3, -0.25) is 19.6 Å². The number of aryl methyl sites for hydroxylation is 2. The molecule has 0 fully saturated rings. The summed E-state index contributed by atoms with van der Waals surface area (Å²) in [6, 6.07) is 9.03. The molecule has 30 heavy (non-hydrogen) atoms.